The average Bonchev–Trinajstić information content (AvgIpc) is 2.55. The van der Waals surface area contributed by atoms with Gasteiger partial charge in [0, 0.05) is 0 Å². The average molecular weight is 420 g/mol. The molecular weight excluding hydrogens is 411 g/mol. The van der Waals surface area contributed by atoms with Gasteiger partial charge in [-0.2, -0.15) is 22.0 Å². The molecule has 0 aromatic carbocycles. The molecule has 0 unspecified atom stereocenters. The number of ether oxygens (including phenoxy) is 3. The zero-order chi connectivity index (χ0) is 21.6. The van der Waals surface area contributed by atoms with Crippen LogP contribution >= 0.6 is 0 Å². The van der Waals surface area contributed by atoms with Crippen LogP contribution in [-0.2, 0) is 28.6 Å². The number of halogens is 9. The topological polar surface area (TPSA) is 78.9 Å². The van der Waals surface area contributed by atoms with Gasteiger partial charge in [0.1, 0.15) is 13.2 Å². The van der Waals surface area contributed by atoms with Gasteiger partial charge in [-0.3, -0.25) is 0 Å². The SMILES string of the molecule is C=C(F)C(=O)OC(COC(=O)C(F)(F)C(F)F)COC(=O)C(F)(F)C(F)F. The Labute approximate surface area is 143 Å². The lowest BCUT2D eigenvalue weighted by Gasteiger charge is -2.20. The Bertz CT molecular complexity index is 542. The van der Waals surface area contributed by atoms with E-state index in [1.807, 2.05) is 0 Å². The second-order valence-electron chi connectivity index (χ2n) is 4.48. The Kier molecular flexibility index (Phi) is 8.59. The molecule has 0 radical (unpaired) electrons. The van der Waals surface area contributed by atoms with Crippen LogP contribution in [0.15, 0.2) is 12.4 Å². The highest BCUT2D eigenvalue weighted by Crippen LogP contribution is 2.25. The molecule has 0 saturated carbocycles. The quantitative estimate of drug-likeness (QED) is 0.234. The molecule has 0 fully saturated rings. The minimum Gasteiger partial charge on any atom is -0.457 e. The van der Waals surface area contributed by atoms with Gasteiger partial charge in [0.25, 0.3) is 0 Å². The molecule has 0 saturated heterocycles. The smallest absolute Gasteiger partial charge is 0.401 e. The standard InChI is InChI=1S/C12H9F9O6/c1-4(13)6(22)27-5(2-25-9(23)11(18,19)7(14)15)3-26-10(24)12(20,21)8(16)17/h5,7-8H,1-3H2. The van der Waals surface area contributed by atoms with Crippen molar-refractivity contribution in [2.75, 3.05) is 13.2 Å². The fourth-order valence-electron chi connectivity index (χ4n) is 1.04. The lowest BCUT2D eigenvalue weighted by Crippen LogP contribution is -2.42. The Morgan fingerprint density at radius 3 is 1.41 bits per heavy atom. The molecule has 0 atom stereocenters. The van der Waals surface area contributed by atoms with Crippen molar-refractivity contribution in [1.29, 1.82) is 0 Å². The molecule has 0 bridgehead atoms. The lowest BCUT2D eigenvalue weighted by atomic mass is 10.3. The molecule has 6 nitrogen and oxygen atoms in total. The van der Waals surface area contributed by atoms with Crippen molar-refractivity contribution in [2.24, 2.45) is 0 Å². The van der Waals surface area contributed by atoms with E-state index >= 15 is 0 Å². The van der Waals surface area contributed by atoms with Crippen molar-refractivity contribution in [3.8, 4) is 0 Å². The van der Waals surface area contributed by atoms with Crippen molar-refractivity contribution in [3.05, 3.63) is 12.4 Å². The summed E-state index contributed by atoms with van der Waals surface area (Å²) in [5.74, 6) is -20.1. The summed E-state index contributed by atoms with van der Waals surface area (Å²) < 4.78 is 122. The summed E-state index contributed by atoms with van der Waals surface area (Å²) in [7, 11) is 0. The molecule has 27 heavy (non-hydrogen) atoms. The molecule has 0 amide bonds. The van der Waals surface area contributed by atoms with Gasteiger partial charge < -0.3 is 14.2 Å². The van der Waals surface area contributed by atoms with Crippen LogP contribution in [0.3, 0.4) is 0 Å². The monoisotopic (exact) mass is 420 g/mol. The first-order valence-electron chi connectivity index (χ1n) is 6.35. The van der Waals surface area contributed by atoms with Crippen molar-refractivity contribution in [1.82, 2.24) is 0 Å². The van der Waals surface area contributed by atoms with Gasteiger partial charge in [-0.1, -0.05) is 6.58 Å². The summed E-state index contributed by atoms with van der Waals surface area (Å²) in [6.07, 6.45) is -11.3. The van der Waals surface area contributed by atoms with Crippen molar-refractivity contribution in [3.63, 3.8) is 0 Å². The van der Waals surface area contributed by atoms with Gasteiger partial charge in [0.2, 0.25) is 5.83 Å². The molecule has 0 aromatic rings. The third-order valence-electron chi connectivity index (χ3n) is 2.39. The first-order valence-corrected chi connectivity index (χ1v) is 6.35. The molecule has 0 aliphatic heterocycles. The van der Waals surface area contributed by atoms with E-state index in [9.17, 15) is 53.9 Å². The number of rotatable bonds is 10. The fraction of sp³-hybridized carbons (Fsp3) is 0.583. The summed E-state index contributed by atoms with van der Waals surface area (Å²) >= 11 is 0. The van der Waals surface area contributed by atoms with Crippen LogP contribution in [0.4, 0.5) is 39.5 Å². The molecule has 0 aromatic heterocycles. The molecule has 0 N–H and O–H groups in total. The number of hydrogen-bond donors (Lipinski definition) is 0. The van der Waals surface area contributed by atoms with Crippen molar-refractivity contribution in [2.45, 2.75) is 30.8 Å². The fourth-order valence-corrected chi connectivity index (χ4v) is 1.04. The van der Waals surface area contributed by atoms with Gasteiger partial charge >= 0.3 is 42.6 Å². The largest absolute Gasteiger partial charge is 0.457 e. The highest BCUT2D eigenvalue weighted by molar-refractivity contribution is 5.85. The molecule has 0 rings (SSSR count). The molecule has 0 aliphatic rings. The number of carbonyl (C=O) groups is 3. The molecule has 0 aliphatic carbocycles. The van der Waals surface area contributed by atoms with E-state index in [-0.39, 0.29) is 0 Å². The van der Waals surface area contributed by atoms with Crippen LogP contribution in [0.1, 0.15) is 0 Å². The number of carbonyl (C=O) groups excluding carboxylic acids is 3. The maximum absolute atomic E-state index is 12.7. The van der Waals surface area contributed by atoms with Crippen molar-refractivity contribution >= 4 is 17.9 Å². The van der Waals surface area contributed by atoms with Gasteiger partial charge in [-0.05, 0) is 0 Å². The highest BCUT2D eigenvalue weighted by atomic mass is 19.3. The van der Waals surface area contributed by atoms with Gasteiger partial charge in [-0.15, -0.1) is 0 Å². The zero-order valence-electron chi connectivity index (χ0n) is 12.7. The van der Waals surface area contributed by atoms with Gasteiger partial charge in [-0.25, -0.2) is 31.9 Å². The molecule has 0 heterocycles. The normalized spacial score (nSPS) is 12.3. The summed E-state index contributed by atoms with van der Waals surface area (Å²) in [5, 5.41) is 0. The summed E-state index contributed by atoms with van der Waals surface area (Å²) in [4.78, 5) is 32.6. The molecular formula is C12H9F9O6. The predicted molar refractivity (Wildman–Crippen MR) is 63.9 cm³/mol. The first-order chi connectivity index (χ1) is 12.1. The number of alkyl halides is 8. The van der Waals surface area contributed by atoms with Gasteiger partial charge in [0.05, 0.1) is 0 Å². The number of esters is 3. The minimum atomic E-state index is -5.31. The van der Waals surface area contributed by atoms with Crippen LogP contribution in [-0.4, -0.2) is 61.9 Å². The number of hydrogen-bond acceptors (Lipinski definition) is 6. The summed E-state index contributed by atoms with van der Waals surface area (Å²) in [6, 6.07) is 0. The second kappa shape index (κ2) is 9.45. The van der Waals surface area contributed by atoms with E-state index in [0.29, 0.717) is 0 Å². The van der Waals surface area contributed by atoms with E-state index < -0.39 is 67.7 Å². The van der Waals surface area contributed by atoms with Crippen LogP contribution in [0, 0.1) is 0 Å². The summed E-state index contributed by atoms with van der Waals surface area (Å²) in [6.45, 7) is -0.779. The third kappa shape index (κ3) is 6.97. The zero-order valence-corrected chi connectivity index (χ0v) is 12.7. The summed E-state index contributed by atoms with van der Waals surface area (Å²) in [5.41, 5.74) is 0. The van der Waals surface area contributed by atoms with Crippen LogP contribution in [0.5, 0.6) is 0 Å². The van der Waals surface area contributed by atoms with E-state index in [4.69, 9.17) is 0 Å². The van der Waals surface area contributed by atoms with E-state index in [1.54, 1.807) is 0 Å². The van der Waals surface area contributed by atoms with Crippen LogP contribution in [0.2, 0.25) is 0 Å². The Hall–Kier alpha value is -2.48. The Morgan fingerprint density at radius 2 is 1.15 bits per heavy atom. The van der Waals surface area contributed by atoms with Crippen LogP contribution in [0.25, 0.3) is 0 Å². The molecule has 0 spiro atoms. The Morgan fingerprint density at radius 1 is 0.815 bits per heavy atom. The van der Waals surface area contributed by atoms with E-state index in [2.05, 4.69) is 20.8 Å². The maximum Gasteiger partial charge on any atom is 0.401 e. The van der Waals surface area contributed by atoms with E-state index in [1.165, 1.54) is 0 Å². The highest BCUT2D eigenvalue weighted by Gasteiger charge is 2.52. The van der Waals surface area contributed by atoms with Crippen molar-refractivity contribution < 1.29 is 68.1 Å². The minimum absolute atomic E-state index is 1.60. The molecule has 156 valence electrons. The maximum atomic E-state index is 12.7. The molecule has 15 heteroatoms. The predicted octanol–water partition coefficient (Wildman–Crippen LogP) is 2.27. The van der Waals surface area contributed by atoms with Crippen LogP contribution < -0.4 is 0 Å². The first kappa shape index (κ1) is 24.5. The second-order valence-corrected chi connectivity index (χ2v) is 4.48. The lowest BCUT2D eigenvalue weighted by molar-refractivity contribution is -0.204. The van der Waals surface area contributed by atoms with Gasteiger partial charge in [0.15, 0.2) is 6.10 Å². The Balaban J connectivity index is 5.05. The third-order valence-corrected chi connectivity index (χ3v) is 2.39. The van der Waals surface area contributed by atoms with E-state index in [0.717, 1.165) is 0 Å².